The molecule has 4 atom stereocenters. The molecule has 6 nitrogen and oxygen atoms in total. The van der Waals surface area contributed by atoms with Crippen LogP contribution in [-0.2, 0) is 10.0 Å². The van der Waals surface area contributed by atoms with Gasteiger partial charge in [-0.05, 0) is 38.3 Å². The van der Waals surface area contributed by atoms with Gasteiger partial charge in [0.15, 0.2) is 0 Å². The smallest absolute Gasteiger partial charge is 0.208 e. The molecule has 1 unspecified atom stereocenters. The lowest BCUT2D eigenvalue weighted by molar-refractivity contribution is 0.0317. The molecule has 3 fully saturated rings. The molecule has 1 N–H and O–H groups in total. The van der Waals surface area contributed by atoms with Crippen molar-refractivity contribution < 1.29 is 8.42 Å². The molecule has 5 rings (SSSR count). The van der Waals surface area contributed by atoms with Gasteiger partial charge in [0.1, 0.15) is 5.82 Å². The Bertz CT molecular complexity index is 917. The standard InChI is InChI=1S/C20H26N4O2S/c1-14-22-19(15-6-4-3-5-7-15)11-20(23-14)18-13-24-9-8-16(18)10-17(24)12-21-27(2,25)26/h3-7,11,16-18,21H,8-10,12-13H2,1-2H3/t16-,17+,18+/m0/s1. The van der Waals surface area contributed by atoms with E-state index in [-0.39, 0.29) is 6.04 Å². The van der Waals surface area contributed by atoms with E-state index in [4.69, 9.17) is 4.98 Å². The Labute approximate surface area is 161 Å². The normalized spacial score (nSPS) is 27.6. The molecule has 0 radical (unpaired) electrons. The number of rotatable bonds is 5. The summed E-state index contributed by atoms with van der Waals surface area (Å²) in [6.07, 6.45) is 3.38. The number of hydrogen-bond donors (Lipinski definition) is 1. The van der Waals surface area contributed by atoms with E-state index in [1.165, 1.54) is 6.26 Å². The molecular weight excluding hydrogens is 360 g/mol. The Kier molecular flexibility index (Phi) is 5.01. The molecule has 0 amide bonds. The second-order valence-corrected chi connectivity index (χ2v) is 9.58. The maximum absolute atomic E-state index is 11.4. The molecule has 1 aromatic carbocycles. The van der Waals surface area contributed by atoms with E-state index in [1.807, 2.05) is 25.1 Å². The average Bonchev–Trinajstić information content (AvgIpc) is 2.66. The predicted octanol–water partition coefficient (Wildman–Crippen LogP) is 2.18. The third-order valence-corrected chi connectivity index (χ3v) is 6.46. The molecular formula is C20H26N4O2S. The summed E-state index contributed by atoms with van der Waals surface area (Å²) in [6.45, 7) is 4.43. The number of aryl methyl sites for hydroxylation is 1. The van der Waals surface area contributed by atoms with Crippen LogP contribution in [0.1, 0.15) is 30.3 Å². The molecule has 0 saturated carbocycles. The predicted molar refractivity (Wildman–Crippen MR) is 106 cm³/mol. The minimum atomic E-state index is -3.15. The second-order valence-electron chi connectivity index (χ2n) is 7.75. The number of hydrogen-bond acceptors (Lipinski definition) is 5. The Morgan fingerprint density at radius 1 is 1.22 bits per heavy atom. The summed E-state index contributed by atoms with van der Waals surface area (Å²) in [5, 5.41) is 0. The van der Waals surface area contributed by atoms with Gasteiger partial charge in [-0.25, -0.2) is 23.1 Å². The number of sulfonamides is 1. The van der Waals surface area contributed by atoms with Crippen molar-refractivity contribution in [3.8, 4) is 11.3 Å². The minimum absolute atomic E-state index is 0.284. The molecule has 7 heteroatoms. The largest absolute Gasteiger partial charge is 0.298 e. The van der Waals surface area contributed by atoms with Crippen LogP contribution in [0.3, 0.4) is 0 Å². The van der Waals surface area contributed by atoms with E-state index in [9.17, 15) is 8.42 Å². The highest BCUT2D eigenvalue weighted by atomic mass is 32.2. The quantitative estimate of drug-likeness (QED) is 0.852. The summed E-state index contributed by atoms with van der Waals surface area (Å²) in [5.74, 6) is 1.73. The van der Waals surface area contributed by atoms with Crippen LogP contribution >= 0.6 is 0 Å². The van der Waals surface area contributed by atoms with E-state index >= 15 is 0 Å². The number of fused-ring (bicyclic) bond motifs is 3. The van der Waals surface area contributed by atoms with E-state index in [0.29, 0.717) is 18.4 Å². The van der Waals surface area contributed by atoms with Gasteiger partial charge in [-0.15, -0.1) is 0 Å². The van der Waals surface area contributed by atoms with Gasteiger partial charge in [-0.1, -0.05) is 30.3 Å². The zero-order valence-corrected chi connectivity index (χ0v) is 16.6. The summed E-state index contributed by atoms with van der Waals surface area (Å²) in [5.41, 5.74) is 3.20. The van der Waals surface area contributed by atoms with Crippen molar-refractivity contribution in [2.24, 2.45) is 5.92 Å². The van der Waals surface area contributed by atoms with Gasteiger partial charge >= 0.3 is 0 Å². The van der Waals surface area contributed by atoms with Crippen LogP contribution in [0.25, 0.3) is 11.3 Å². The third kappa shape index (κ3) is 4.20. The van der Waals surface area contributed by atoms with Crippen LogP contribution in [-0.4, -0.2) is 55.2 Å². The zero-order chi connectivity index (χ0) is 19.0. The summed E-state index contributed by atoms with van der Waals surface area (Å²) in [7, 11) is -3.15. The third-order valence-electron chi connectivity index (χ3n) is 5.77. The fraction of sp³-hybridized carbons (Fsp3) is 0.500. The monoisotopic (exact) mass is 386 g/mol. The van der Waals surface area contributed by atoms with Gasteiger partial charge in [-0.2, -0.15) is 0 Å². The molecule has 2 aromatic rings. The van der Waals surface area contributed by atoms with Crippen molar-refractivity contribution in [3.63, 3.8) is 0 Å². The molecule has 0 aliphatic carbocycles. The molecule has 3 aliphatic heterocycles. The fourth-order valence-corrected chi connectivity index (χ4v) is 4.97. The van der Waals surface area contributed by atoms with Crippen molar-refractivity contribution in [2.45, 2.75) is 31.7 Å². The van der Waals surface area contributed by atoms with E-state index in [1.54, 1.807) is 0 Å². The van der Waals surface area contributed by atoms with Crippen molar-refractivity contribution in [1.82, 2.24) is 19.6 Å². The SMILES string of the molecule is Cc1nc(-c2ccccc2)cc([C@@H]2CN3CC[C@H]2C[C@@H]3CNS(C)(=O)=O)n1. The number of aromatic nitrogens is 2. The highest BCUT2D eigenvalue weighted by Gasteiger charge is 2.41. The van der Waals surface area contributed by atoms with Crippen LogP contribution in [0.4, 0.5) is 0 Å². The van der Waals surface area contributed by atoms with Gasteiger partial charge in [-0.3, -0.25) is 4.90 Å². The molecule has 3 saturated heterocycles. The van der Waals surface area contributed by atoms with Crippen LogP contribution < -0.4 is 4.72 Å². The lowest BCUT2D eigenvalue weighted by atomic mass is 9.74. The summed E-state index contributed by atoms with van der Waals surface area (Å²) in [4.78, 5) is 11.8. The van der Waals surface area contributed by atoms with Crippen LogP contribution in [0, 0.1) is 12.8 Å². The molecule has 4 heterocycles. The summed E-state index contributed by atoms with van der Waals surface area (Å²) < 4.78 is 25.5. The second kappa shape index (κ2) is 7.30. The first-order valence-electron chi connectivity index (χ1n) is 9.49. The van der Waals surface area contributed by atoms with Crippen molar-refractivity contribution >= 4 is 10.0 Å². The number of nitrogens with one attached hydrogen (secondary N) is 1. The molecule has 2 bridgehead atoms. The highest BCUT2D eigenvalue weighted by molar-refractivity contribution is 7.88. The Hall–Kier alpha value is -1.83. The molecule has 3 aliphatic rings. The Morgan fingerprint density at radius 2 is 2.00 bits per heavy atom. The van der Waals surface area contributed by atoms with Gasteiger partial charge < -0.3 is 0 Å². The molecule has 27 heavy (non-hydrogen) atoms. The van der Waals surface area contributed by atoms with Gasteiger partial charge in [0.25, 0.3) is 0 Å². The van der Waals surface area contributed by atoms with E-state index < -0.39 is 10.0 Å². The topological polar surface area (TPSA) is 75.2 Å². The van der Waals surface area contributed by atoms with E-state index in [0.717, 1.165) is 48.7 Å². The first-order valence-corrected chi connectivity index (χ1v) is 11.4. The van der Waals surface area contributed by atoms with Gasteiger partial charge in [0.05, 0.1) is 11.9 Å². The number of nitrogens with zero attached hydrogens (tertiary/aromatic N) is 3. The highest BCUT2D eigenvalue weighted by Crippen LogP contribution is 2.41. The minimum Gasteiger partial charge on any atom is -0.298 e. The van der Waals surface area contributed by atoms with Crippen molar-refractivity contribution in [3.05, 3.63) is 47.9 Å². The summed E-state index contributed by atoms with van der Waals surface area (Å²) in [6, 6.07) is 12.6. The van der Waals surface area contributed by atoms with Gasteiger partial charge in [0.2, 0.25) is 10.0 Å². The summed E-state index contributed by atoms with van der Waals surface area (Å²) >= 11 is 0. The first-order chi connectivity index (χ1) is 12.9. The lowest BCUT2D eigenvalue weighted by Crippen LogP contribution is -2.56. The molecule has 144 valence electrons. The maximum Gasteiger partial charge on any atom is 0.208 e. The Balaban J connectivity index is 1.55. The van der Waals surface area contributed by atoms with Crippen molar-refractivity contribution in [1.29, 1.82) is 0 Å². The fourth-order valence-electron chi connectivity index (χ4n) is 4.47. The maximum atomic E-state index is 11.4. The van der Waals surface area contributed by atoms with Gasteiger partial charge in [0, 0.05) is 36.3 Å². The first kappa shape index (κ1) is 18.5. The van der Waals surface area contributed by atoms with Crippen LogP contribution in [0.5, 0.6) is 0 Å². The van der Waals surface area contributed by atoms with Crippen molar-refractivity contribution in [2.75, 3.05) is 25.9 Å². The van der Waals surface area contributed by atoms with E-state index in [2.05, 4.69) is 32.8 Å². The molecule has 0 spiro atoms. The van der Waals surface area contributed by atoms with Crippen LogP contribution in [0.15, 0.2) is 36.4 Å². The zero-order valence-electron chi connectivity index (χ0n) is 15.8. The average molecular weight is 387 g/mol. The Morgan fingerprint density at radius 3 is 2.67 bits per heavy atom. The number of benzene rings is 1. The number of piperidine rings is 3. The molecule has 1 aromatic heterocycles. The lowest BCUT2D eigenvalue weighted by Gasteiger charge is -2.49. The van der Waals surface area contributed by atoms with Crippen LogP contribution in [0.2, 0.25) is 0 Å².